The van der Waals surface area contributed by atoms with E-state index in [2.05, 4.69) is 37.4 Å². The third kappa shape index (κ3) is 2.72. The number of hydrogen-bond acceptors (Lipinski definition) is 0. The summed E-state index contributed by atoms with van der Waals surface area (Å²) in [6, 6.07) is 12.1. The molecule has 1 aromatic carbocycles. The van der Waals surface area contributed by atoms with Crippen LogP contribution in [0.15, 0.2) is 30.3 Å². The summed E-state index contributed by atoms with van der Waals surface area (Å²) in [6.07, 6.45) is 10.1. The van der Waals surface area contributed by atoms with Crippen molar-refractivity contribution >= 4 is 0 Å². The normalized spacial score (nSPS) is 25.3. The molecular weight excluding hydrogens is 230 g/mol. The van der Waals surface area contributed by atoms with E-state index in [0.717, 1.165) is 12.0 Å². The molecule has 1 unspecified atom stereocenters. The molecule has 104 valence electrons. The zero-order chi connectivity index (χ0) is 13.1. The molecule has 0 aromatic heterocycles. The lowest BCUT2D eigenvalue weighted by Crippen LogP contribution is -2.52. The van der Waals surface area contributed by atoms with Gasteiger partial charge in [0.25, 0.3) is 0 Å². The molecule has 0 bridgehead atoms. The summed E-state index contributed by atoms with van der Waals surface area (Å²) in [6.45, 7) is 2.77. The molecule has 2 fully saturated rings. The van der Waals surface area contributed by atoms with E-state index >= 15 is 0 Å². The molecule has 1 heteroatoms. The summed E-state index contributed by atoms with van der Waals surface area (Å²) in [4.78, 5) is 0. The van der Waals surface area contributed by atoms with Crippen molar-refractivity contribution in [2.45, 2.75) is 51.0 Å². The van der Waals surface area contributed by atoms with Crippen LogP contribution in [0.25, 0.3) is 0 Å². The van der Waals surface area contributed by atoms with E-state index in [1.54, 1.807) is 5.56 Å². The van der Waals surface area contributed by atoms with E-state index in [1.807, 2.05) is 0 Å². The maximum atomic E-state index is 2.52. The molecule has 1 nitrogen and oxygen atoms in total. The van der Waals surface area contributed by atoms with E-state index in [-0.39, 0.29) is 0 Å². The summed E-state index contributed by atoms with van der Waals surface area (Å²) in [5.74, 6) is 0.922. The molecular formula is C18H28N+. The number of nitrogens with zero attached hydrogens (tertiary/aromatic N) is 1. The van der Waals surface area contributed by atoms with Gasteiger partial charge in [-0.2, -0.15) is 0 Å². The molecule has 1 atom stereocenters. The fourth-order valence-corrected chi connectivity index (χ4v) is 4.58. The highest BCUT2D eigenvalue weighted by Crippen LogP contribution is 2.43. The minimum absolute atomic E-state index is 0.754. The van der Waals surface area contributed by atoms with Crippen molar-refractivity contribution in [3.05, 3.63) is 35.9 Å². The van der Waals surface area contributed by atoms with Gasteiger partial charge in [-0.3, -0.25) is 0 Å². The van der Waals surface area contributed by atoms with Crippen molar-refractivity contribution in [3.8, 4) is 0 Å². The smallest absolute Gasteiger partial charge is 0.117 e. The molecule has 0 amide bonds. The van der Waals surface area contributed by atoms with Crippen LogP contribution in [0, 0.1) is 5.92 Å². The van der Waals surface area contributed by atoms with Crippen LogP contribution < -0.4 is 0 Å². The van der Waals surface area contributed by atoms with Gasteiger partial charge in [0.1, 0.15) is 6.04 Å². The van der Waals surface area contributed by atoms with Gasteiger partial charge in [0.05, 0.1) is 20.1 Å². The summed E-state index contributed by atoms with van der Waals surface area (Å²) < 4.78 is 1.30. The van der Waals surface area contributed by atoms with Crippen LogP contribution in [0.4, 0.5) is 0 Å². The van der Waals surface area contributed by atoms with Crippen LogP contribution in [0.5, 0.6) is 0 Å². The fraction of sp³-hybridized carbons (Fsp3) is 0.667. The van der Waals surface area contributed by atoms with Crippen LogP contribution in [-0.2, 0) is 0 Å². The predicted octanol–water partition coefficient (Wildman–Crippen LogP) is 4.55. The van der Waals surface area contributed by atoms with E-state index in [4.69, 9.17) is 0 Å². The summed E-state index contributed by atoms with van der Waals surface area (Å²) in [5.41, 5.74) is 1.60. The minimum Gasteiger partial charge on any atom is -0.320 e. The molecule has 1 aromatic rings. The Bertz CT molecular complexity index is 385. The lowest BCUT2D eigenvalue weighted by molar-refractivity contribution is -0.947. The third-order valence-electron chi connectivity index (χ3n) is 5.50. The summed E-state index contributed by atoms with van der Waals surface area (Å²) in [7, 11) is 2.52. The van der Waals surface area contributed by atoms with E-state index < -0.39 is 0 Å². The quantitative estimate of drug-likeness (QED) is 0.698. The van der Waals surface area contributed by atoms with Crippen molar-refractivity contribution in [3.63, 3.8) is 0 Å². The second-order valence-electron chi connectivity index (χ2n) is 6.89. The van der Waals surface area contributed by atoms with Gasteiger partial charge >= 0.3 is 0 Å². The zero-order valence-corrected chi connectivity index (χ0v) is 12.4. The van der Waals surface area contributed by atoms with Crippen LogP contribution in [0.3, 0.4) is 0 Å². The number of hydrogen-bond donors (Lipinski definition) is 0. The number of quaternary nitrogens is 1. The predicted molar refractivity (Wildman–Crippen MR) is 80.9 cm³/mol. The Hall–Kier alpha value is -0.820. The Morgan fingerprint density at radius 2 is 1.53 bits per heavy atom. The Morgan fingerprint density at radius 3 is 2.16 bits per heavy atom. The number of rotatable bonds is 3. The molecule has 1 aliphatic heterocycles. The summed E-state index contributed by atoms with van der Waals surface area (Å²) >= 11 is 0. The van der Waals surface area contributed by atoms with Gasteiger partial charge in [-0.25, -0.2) is 0 Å². The Balaban J connectivity index is 1.91. The molecule has 0 N–H and O–H groups in total. The number of likely N-dealkylation sites (tertiary alicyclic amines) is 1. The fourth-order valence-electron chi connectivity index (χ4n) is 4.58. The van der Waals surface area contributed by atoms with E-state index in [1.165, 1.54) is 62.5 Å². The maximum absolute atomic E-state index is 2.52. The monoisotopic (exact) mass is 258 g/mol. The molecule has 19 heavy (non-hydrogen) atoms. The molecule has 1 aliphatic carbocycles. The van der Waals surface area contributed by atoms with E-state index in [9.17, 15) is 0 Å². The highest BCUT2D eigenvalue weighted by atomic mass is 15.4. The van der Waals surface area contributed by atoms with Gasteiger partial charge in [0.15, 0.2) is 0 Å². The number of benzene rings is 1. The Labute approximate surface area is 118 Å². The van der Waals surface area contributed by atoms with Gasteiger partial charge in [-0.05, 0) is 32.1 Å². The van der Waals surface area contributed by atoms with Crippen molar-refractivity contribution in [1.29, 1.82) is 0 Å². The second-order valence-corrected chi connectivity index (χ2v) is 6.89. The molecule has 1 heterocycles. The first-order chi connectivity index (χ1) is 9.30. The molecule has 1 saturated heterocycles. The largest absolute Gasteiger partial charge is 0.320 e. The van der Waals surface area contributed by atoms with Crippen LogP contribution in [0.2, 0.25) is 0 Å². The standard InChI is InChI=1S/C18H28N/c1-19(14-8-3-9-15-19)18(17-12-6-7-13-17)16-10-4-2-5-11-16/h2,4-5,10-11,17-18H,3,6-9,12-15H2,1H3/q+1. The first-order valence-corrected chi connectivity index (χ1v) is 8.19. The summed E-state index contributed by atoms with van der Waals surface area (Å²) in [5, 5.41) is 0. The van der Waals surface area contributed by atoms with Gasteiger partial charge in [-0.1, -0.05) is 43.2 Å². The average molecular weight is 258 g/mol. The lowest BCUT2D eigenvalue weighted by atomic mass is 9.87. The lowest BCUT2D eigenvalue weighted by Gasteiger charge is -2.47. The van der Waals surface area contributed by atoms with Crippen LogP contribution in [-0.4, -0.2) is 24.6 Å². The highest BCUT2D eigenvalue weighted by molar-refractivity contribution is 5.18. The molecule has 3 rings (SSSR count). The second kappa shape index (κ2) is 5.66. The average Bonchev–Trinajstić information content (AvgIpc) is 2.94. The van der Waals surface area contributed by atoms with Gasteiger partial charge in [0, 0.05) is 11.5 Å². The molecule has 0 spiro atoms. The molecule has 0 radical (unpaired) electrons. The van der Waals surface area contributed by atoms with E-state index in [0.29, 0.717) is 0 Å². The highest BCUT2D eigenvalue weighted by Gasteiger charge is 2.41. The van der Waals surface area contributed by atoms with Crippen LogP contribution in [0.1, 0.15) is 56.6 Å². The molecule has 1 saturated carbocycles. The van der Waals surface area contributed by atoms with Crippen molar-refractivity contribution in [1.82, 2.24) is 0 Å². The topological polar surface area (TPSA) is 0 Å². The van der Waals surface area contributed by atoms with Crippen LogP contribution >= 0.6 is 0 Å². The maximum Gasteiger partial charge on any atom is 0.117 e. The first-order valence-electron chi connectivity index (χ1n) is 8.19. The third-order valence-corrected chi connectivity index (χ3v) is 5.50. The van der Waals surface area contributed by atoms with Crippen molar-refractivity contribution < 1.29 is 4.48 Å². The Kier molecular flexibility index (Phi) is 3.93. The van der Waals surface area contributed by atoms with Crippen molar-refractivity contribution in [2.75, 3.05) is 20.1 Å². The van der Waals surface area contributed by atoms with Gasteiger partial charge in [-0.15, -0.1) is 0 Å². The first kappa shape index (κ1) is 13.2. The van der Waals surface area contributed by atoms with Gasteiger partial charge < -0.3 is 4.48 Å². The number of piperidine rings is 1. The van der Waals surface area contributed by atoms with Gasteiger partial charge in [0.2, 0.25) is 0 Å². The Morgan fingerprint density at radius 1 is 0.895 bits per heavy atom. The SMILES string of the molecule is C[N+]1(C(c2ccccc2)C2CCCC2)CCCCC1. The zero-order valence-electron chi connectivity index (χ0n) is 12.4. The molecule has 2 aliphatic rings. The minimum atomic E-state index is 0.754. The van der Waals surface area contributed by atoms with Crippen molar-refractivity contribution in [2.24, 2.45) is 5.92 Å².